The quantitative estimate of drug-likeness (QED) is 0.0846. The molecule has 1 saturated heterocycles. The molecule has 14 nitrogen and oxygen atoms in total. The number of nitrogens with one attached hydrogen (secondary N) is 1. The molecule has 2 N–H and O–H groups in total. The Morgan fingerprint density at radius 2 is 1.75 bits per heavy atom. The number of ether oxygens (including phenoxy) is 3. The summed E-state index contributed by atoms with van der Waals surface area (Å²) in [5.74, 6) is -1.13. The minimum absolute atomic E-state index is 0. The normalized spacial score (nSPS) is 15.6. The molecule has 1 unspecified atom stereocenters. The minimum Gasteiger partial charge on any atom is -1.00 e. The van der Waals surface area contributed by atoms with Gasteiger partial charge in [-0.3, -0.25) is 28.6 Å². The maximum absolute atomic E-state index is 13.8. The van der Waals surface area contributed by atoms with Gasteiger partial charge in [-0.1, -0.05) is 36.6 Å². The fraction of sp³-hybridized carbons (Fsp3) is 0.500. The Morgan fingerprint density at radius 1 is 1.06 bits per heavy atom. The predicted molar refractivity (Wildman–Crippen MR) is 195 cm³/mol. The Labute approximate surface area is 337 Å². The summed E-state index contributed by atoms with van der Waals surface area (Å²) in [6.45, 7) is 3.67. The number of hydrogen-bond acceptors (Lipinski definition) is 10. The van der Waals surface area contributed by atoms with Crippen molar-refractivity contribution in [1.29, 1.82) is 0 Å². The van der Waals surface area contributed by atoms with E-state index in [0.717, 1.165) is 24.2 Å². The summed E-state index contributed by atoms with van der Waals surface area (Å²) in [6, 6.07) is 10.8. The van der Waals surface area contributed by atoms with E-state index in [4.69, 9.17) is 30.4 Å². The molecular weight excluding hydrogens is 739 g/mol. The molecule has 3 heterocycles. The van der Waals surface area contributed by atoms with Crippen LogP contribution in [0.3, 0.4) is 0 Å². The summed E-state index contributed by atoms with van der Waals surface area (Å²) in [4.78, 5) is 55.5. The number of carbonyl (C=O) groups excluding carboxylic acids is 3. The third kappa shape index (κ3) is 12.8. The first kappa shape index (κ1) is 42.7. The van der Waals surface area contributed by atoms with Crippen molar-refractivity contribution in [3.8, 4) is 5.75 Å². The van der Waals surface area contributed by atoms with E-state index < -0.39 is 33.3 Å². The predicted octanol–water partition coefficient (Wildman–Crippen LogP) is 0.525. The molecule has 53 heavy (non-hydrogen) atoms. The van der Waals surface area contributed by atoms with Crippen LogP contribution in [0.4, 0.5) is 0 Å². The number of amides is 2. The van der Waals surface area contributed by atoms with Crippen molar-refractivity contribution in [2.75, 3.05) is 52.3 Å². The van der Waals surface area contributed by atoms with E-state index >= 15 is 0 Å². The molecule has 0 radical (unpaired) electrons. The summed E-state index contributed by atoms with van der Waals surface area (Å²) in [7, 11) is -2.64. The van der Waals surface area contributed by atoms with Crippen LogP contribution in [0.15, 0.2) is 47.4 Å². The number of hydrogen-bond donors (Lipinski definition) is 2. The van der Waals surface area contributed by atoms with E-state index in [1.54, 1.807) is 30.5 Å². The molecule has 17 heteroatoms. The Bertz CT molecular complexity index is 1930. The number of benzene rings is 2. The van der Waals surface area contributed by atoms with Gasteiger partial charge in [-0.2, -0.15) is 8.42 Å². The fourth-order valence-electron chi connectivity index (χ4n) is 6.19. The maximum atomic E-state index is 13.8. The minimum atomic E-state index is -4.13. The van der Waals surface area contributed by atoms with Crippen molar-refractivity contribution < 1.29 is 72.5 Å². The third-order valence-electron chi connectivity index (χ3n) is 9.07. The van der Waals surface area contributed by atoms with Gasteiger partial charge in [0.05, 0.1) is 36.4 Å². The van der Waals surface area contributed by atoms with Crippen LogP contribution in [0.1, 0.15) is 61.4 Å². The van der Waals surface area contributed by atoms with Gasteiger partial charge < -0.3 is 30.4 Å². The average molecular weight is 785 g/mol. The Balaban J connectivity index is 0.00000392. The van der Waals surface area contributed by atoms with Crippen molar-refractivity contribution in [3.63, 3.8) is 0 Å². The first-order chi connectivity index (χ1) is 24.9. The zero-order chi connectivity index (χ0) is 37.3. The van der Waals surface area contributed by atoms with E-state index in [9.17, 15) is 27.6 Å². The van der Waals surface area contributed by atoms with Gasteiger partial charge in [0.1, 0.15) is 17.9 Å². The Morgan fingerprint density at radius 3 is 2.45 bits per heavy atom. The van der Waals surface area contributed by atoms with Crippen LogP contribution in [-0.2, 0) is 48.8 Å². The van der Waals surface area contributed by atoms with Gasteiger partial charge >= 0.3 is 35.5 Å². The molecule has 0 aliphatic carbocycles. The van der Waals surface area contributed by atoms with Gasteiger partial charge in [-0.05, 0) is 48.2 Å². The Hall–Kier alpha value is -3.02. The van der Waals surface area contributed by atoms with Gasteiger partial charge in [0.25, 0.3) is 16.0 Å². The smallest absolute Gasteiger partial charge is 1.00 e. The van der Waals surface area contributed by atoms with Crippen LogP contribution in [-0.4, -0.2) is 103 Å². The van der Waals surface area contributed by atoms with Gasteiger partial charge in [0.15, 0.2) is 6.10 Å². The van der Waals surface area contributed by atoms with E-state index in [1.165, 1.54) is 11.9 Å². The van der Waals surface area contributed by atoms with Crippen LogP contribution in [0.2, 0.25) is 5.02 Å². The molecule has 284 valence electrons. The number of esters is 1. The van der Waals surface area contributed by atoms with Crippen molar-refractivity contribution in [2.24, 2.45) is 0 Å². The van der Waals surface area contributed by atoms with Crippen LogP contribution in [0, 0.1) is 0 Å². The molecule has 2 amide bonds. The van der Waals surface area contributed by atoms with Crippen molar-refractivity contribution in [1.82, 2.24) is 19.7 Å². The zero-order valence-corrected chi connectivity index (χ0v) is 33.8. The van der Waals surface area contributed by atoms with E-state index in [1.807, 2.05) is 16.7 Å². The number of unbranched alkanes of at least 4 members (excludes halogenated alkanes) is 3. The van der Waals surface area contributed by atoms with Gasteiger partial charge in [0.2, 0.25) is 11.3 Å². The monoisotopic (exact) mass is 784 g/mol. The fourth-order valence-corrected chi connectivity index (χ4v) is 6.82. The van der Waals surface area contributed by atoms with Gasteiger partial charge in [0, 0.05) is 63.8 Å². The Kier molecular flexibility index (Phi) is 16.2. The molecule has 1 aromatic heterocycles. The zero-order valence-electron chi connectivity index (χ0n) is 31.2. The van der Waals surface area contributed by atoms with E-state index in [-0.39, 0.29) is 87.5 Å². The number of aromatic nitrogens is 1. The van der Waals surface area contributed by atoms with Crippen LogP contribution < -0.4 is 45.0 Å². The summed E-state index contributed by atoms with van der Waals surface area (Å²) >= 11 is 5.99. The standard InChI is InChI=1S/C36H45ClN4O10S.Na.H/c1-39(14-17-52(46,47)48)32(42)6-4-2-3-5-7-33(43)50-24-28-22-41-23-30(36(45)38-20-25-8-10-27(37)11-9-25)35(44)29-18-26(19-31(51-28)34(29)41)21-40-12-15-49-16-13-40;;/h8-11,18-19,23,28H,2-7,12-17,20-22,24H2,1H3,(H,38,45)(H,46,47,48);;/q;+1;-1. The third-order valence-corrected chi connectivity index (χ3v) is 10.0. The molecule has 2 aliphatic heterocycles. The molecule has 5 rings (SSSR count). The molecular formula is C36H46ClN4NaO10S. The van der Waals surface area contributed by atoms with Crippen molar-refractivity contribution in [3.05, 3.63) is 74.5 Å². The second-order valence-electron chi connectivity index (χ2n) is 13.2. The largest absolute Gasteiger partial charge is 1.00 e. The number of nitrogens with zero attached hydrogens (tertiary/aromatic N) is 3. The maximum Gasteiger partial charge on any atom is 1.00 e. The van der Waals surface area contributed by atoms with Crippen LogP contribution in [0.5, 0.6) is 5.75 Å². The number of halogens is 1. The molecule has 0 bridgehead atoms. The van der Waals surface area contributed by atoms with E-state index in [0.29, 0.717) is 67.1 Å². The second kappa shape index (κ2) is 20.1. The summed E-state index contributed by atoms with van der Waals surface area (Å²) in [6.07, 6.45) is 3.98. The topological polar surface area (TPSA) is 174 Å². The molecule has 0 spiro atoms. The number of morpholine rings is 1. The molecule has 0 saturated carbocycles. The summed E-state index contributed by atoms with van der Waals surface area (Å²) in [5.41, 5.74) is 1.87. The first-order valence-corrected chi connectivity index (χ1v) is 19.4. The van der Waals surface area contributed by atoms with Crippen molar-refractivity contribution in [2.45, 2.75) is 64.3 Å². The second-order valence-corrected chi connectivity index (χ2v) is 15.2. The van der Waals surface area contributed by atoms with E-state index in [2.05, 4.69) is 10.2 Å². The SMILES string of the molecule is CN(CCS(=O)(=O)O)C(=O)CCCCCCC(=O)OCC1Cn2cc(C(=O)NCc3ccc(Cl)cc3)c(=O)c3cc(CN4CCOCC4)cc(c32)O1.[H-].[Na+]. The average Bonchev–Trinajstić information content (AvgIpc) is 3.12. The number of rotatable bonds is 17. The molecule has 2 aromatic carbocycles. The van der Waals surface area contributed by atoms with Crippen molar-refractivity contribution >= 4 is 50.4 Å². The molecule has 2 aliphatic rings. The molecule has 1 atom stereocenters. The number of carbonyl (C=O) groups is 3. The summed E-state index contributed by atoms with van der Waals surface area (Å²) in [5, 5.41) is 3.80. The van der Waals surface area contributed by atoms with Gasteiger partial charge in [-0.25, -0.2) is 0 Å². The van der Waals surface area contributed by atoms with Crippen LogP contribution >= 0.6 is 11.6 Å². The first-order valence-electron chi connectivity index (χ1n) is 17.4. The summed E-state index contributed by atoms with van der Waals surface area (Å²) < 4.78 is 49.9. The van der Waals surface area contributed by atoms with Gasteiger partial charge in [-0.15, -0.1) is 0 Å². The van der Waals surface area contributed by atoms with Crippen LogP contribution in [0.25, 0.3) is 10.9 Å². The molecule has 3 aromatic rings. The number of pyridine rings is 1. The molecule has 1 fully saturated rings.